The van der Waals surface area contributed by atoms with E-state index >= 15 is 0 Å². The molecule has 1 N–H and O–H groups in total. The van der Waals surface area contributed by atoms with Gasteiger partial charge in [0.05, 0.1) is 12.2 Å². The molecule has 0 saturated carbocycles. The minimum Gasteiger partial charge on any atom is -0.292 e. The quantitative estimate of drug-likeness (QED) is 0.848. The van der Waals surface area contributed by atoms with Crippen LogP contribution in [0.3, 0.4) is 0 Å². The van der Waals surface area contributed by atoms with Crippen LogP contribution >= 0.6 is 0 Å². The summed E-state index contributed by atoms with van der Waals surface area (Å²) in [7, 11) is 0. The molecule has 0 aliphatic rings. The van der Waals surface area contributed by atoms with Gasteiger partial charge in [0.15, 0.2) is 0 Å². The third kappa shape index (κ3) is 4.85. The molecule has 2 aromatic rings. The molecular weight excluding hydrogens is 296 g/mol. The maximum Gasteiger partial charge on any atom is 0.330 e. The van der Waals surface area contributed by atoms with Gasteiger partial charge >= 0.3 is 6.03 Å². The second-order valence-electron chi connectivity index (χ2n) is 4.30. The van der Waals surface area contributed by atoms with Crippen molar-refractivity contribution >= 4 is 30.1 Å². The molecule has 0 spiro atoms. The zero-order valence-corrected chi connectivity index (χ0v) is 12.0. The lowest BCUT2D eigenvalue weighted by Crippen LogP contribution is -2.40. The fourth-order valence-corrected chi connectivity index (χ4v) is 1.65. The lowest BCUT2D eigenvalue weighted by atomic mass is 10.3. The molecule has 0 aliphatic heterocycles. The van der Waals surface area contributed by atoms with E-state index in [1.807, 2.05) is 0 Å². The number of hydrogen-bond acceptors (Lipinski definition) is 5. The van der Waals surface area contributed by atoms with Crippen LogP contribution in [0.2, 0.25) is 0 Å². The smallest absolute Gasteiger partial charge is 0.292 e. The number of amides is 3. The van der Waals surface area contributed by atoms with Crippen LogP contribution in [0.5, 0.6) is 0 Å². The topological polar surface area (TPSA) is 92.3 Å². The van der Waals surface area contributed by atoms with Gasteiger partial charge in [0.25, 0.3) is 5.91 Å². The zero-order valence-electron chi connectivity index (χ0n) is 12.0. The van der Waals surface area contributed by atoms with E-state index in [1.54, 1.807) is 42.6 Å². The Kier molecular flexibility index (Phi) is 5.70. The van der Waals surface area contributed by atoms with Crippen LogP contribution in [0.25, 0.3) is 6.08 Å². The Hall–Kier alpha value is -3.35. The Labute approximate surface area is 132 Å². The van der Waals surface area contributed by atoms with Crippen molar-refractivity contribution in [3.63, 3.8) is 0 Å². The van der Waals surface area contributed by atoms with Crippen molar-refractivity contribution in [2.75, 3.05) is 11.9 Å². The van der Waals surface area contributed by atoms with Crippen molar-refractivity contribution in [2.45, 2.75) is 0 Å². The first kappa shape index (κ1) is 16.0. The first-order valence-electron chi connectivity index (χ1n) is 6.68. The highest BCUT2D eigenvalue weighted by Crippen LogP contribution is 2.04. The van der Waals surface area contributed by atoms with Crippen LogP contribution in [0.15, 0.2) is 54.9 Å². The van der Waals surface area contributed by atoms with E-state index in [9.17, 15) is 14.4 Å². The van der Waals surface area contributed by atoms with Gasteiger partial charge in [-0.3, -0.25) is 24.8 Å². The number of aromatic nitrogens is 2. The predicted octanol–water partition coefficient (Wildman–Crippen LogP) is 1.66. The summed E-state index contributed by atoms with van der Waals surface area (Å²) in [5.41, 5.74) is 0.556. The molecule has 0 unspecified atom stereocenters. The van der Waals surface area contributed by atoms with Crippen LogP contribution in [-0.4, -0.2) is 39.6 Å². The van der Waals surface area contributed by atoms with E-state index in [0.29, 0.717) is 5.69 Å². The van der Waals surface area contributed by atoms with Gasteiger partial charge < -0.3 is 0 Å². The van der Waals surface area contributed by atoms with Crippen LogP contribution in [0, 0.1) is 0 Å². The fraction of sp³-hybridized carbons (Fsp3) is 0.0625. The molecule has 0 saturated heterocycles. The van der Waals surface area contributed by atoms with E-state index in [0.717, 1.165) is 11.0 Å². The summed E-state index contributed by atoms with van der Waals surface area (Å²) < 4.78 is 0. The maximum atomic E-state index is 12.1. The third-order valence-corrected chi connectivity index (χ3v) is 2.72. The molecule has 7 nitrogen and oxygen atoms in total. The number of hydrogen-bond donors (Lipinski definition) is 1. The van der Waals surface area contributed by atoms with Gasteiger partial charge in [0.1, 0.15) is 5.82 Å². The molecule has 2 aromatic heterocycles. The number of carbonyl (C=O) groups excluding carboxylic acids is 3. The van der Waals surface area contributed by atoms with Crippen LogP contribution in [0.1, 0.15) is 5.69 Å². The third-order valence-electron chi connectivity index (χ3n) is 2.72. The van der Waals surface area contributed by atoms with Gasteiger partial charge in [0.2, 0.25) is 6.29 Å². The van der Waals surface area contributed by atoms with E-state index in [4.69, 9.17) is 0 Å². The van der Waals surface area contributed by atoms with Crippen molar-refractivity contribution in [3.05, 3.63) is 60.6 Å². The van der Waals surface area contributed by atoms with Gasteiger partial charge in [-0.05, 0) is 30.3 Å². The summed E-state index contributed by atoms with van der Waals surface area (Å²) >= 11 is 0. The summed E-state index contributed by atoms with van der Waals surface area (Å²) in [5.74, 6) is -0.387. The van der Waals surface area contributed by atoms with E-state index in [1.165, 1.54) is 18.6 Å². The number of rotatable bonds is 5. The van der Waals surface area contributed by atoms with Gasteiger partial charge in [-0.1, -0.05) is 12.1 Å². The lowest BCUT2D eigenvalue weighted by molar-refractivity contribution is -0.122. The van der Waals surface area contributed by atoms with Crippen molar-refractivity contribution < 1.29 is 14.4 Å². The molecule has 115 valence electrons. The van der Waals surface area contributed by atoms with Gasteiger partial charge in [-0.2, -0.15) is 0 Å². The normalized spacial score (nSPS) is 10.3. The number of carbonyl (C=O) groups is 2. The summed E-state index contributed by atoms with van der Waals surface area (Å²) in [6.07, 6.45) is 7.23. The Morgan fingerprint density at radius 1 is 1.13 bits per heavy atom. The second kappa shape index (κ2) is 8.18. The fourth-order valence-electron chi connectivity index (χ4n) is 1.65. The predicted molar refractivity (Wildman–Crippen MR) is 83.9 cm³/mol. The summed E-state index contributed by atoms with van der Waals surface area (Å²) in [6, 6.07) is 9.38. The Morgan fingerprint density at radius 2 is 1.87 bits per heavy atom. The number of nitrogens with one attached hydrogen (secondary N) is 1. The highest BCUT2D eigenvalue weighted by Gasteiger charge is 2.19. The van der Waals surface area contributed by atoms with Crippen LogP contribution in [0.4, 0.5) is 10.6 Å². The number of anilines is 1. The number of pyridine rings is 2. The molecular formula is C16H13N4O3. The first-order chi connectivity index (χ1) is 11.2. The van der Waals surface area contributed by atoms with Crippen molar-refractivity contribution in [3.8, 4) is 0 Å². The maximum absolute atomic E-state index is 12.1. The van der Waals surface area contributed by atoms with Gasteiger partial charge in [-0.15, -0.1) is 0 Å². The van der Waals surface area contributed by atoms with Gasteiger partial charge in [-0.25, -0.2) is 9.78 Å². The molecule has 0 atom stereocenters. The Morgan fingerprint density at radius 3 is 2.48 bits per heavy atom. The van der Waals surface area contributed by atoms with E-state index in [-0.39, 0.29) is 5.82 Å². The standard InChI is InChI=1S/C16H13N4O3/c21-12-11-20(16(23)19-14-6-2-4-10-18-14)15(22)8-7-13-5-1-3-9-17-13/h1-10H,11H2,(H,18,19,23). The van der Waals surface area contributed by atoms with E-state index < -0.39 is 18.5 Å². The minimum absolute atomic E-state index is 0.273. The Bertz CT molecular complexity index is 702. The van der Waals surface area contributed by atoms with Crippen LogP contribution in [-0.2, 0) is 9.59 Å². The molecule has 2 rings (SSSR count). The van der Waals surface area contributed by atoms with Crippen molar-refractivity contribution in [2.24, 2.45) is 0 Å². The molecule has 0 bridgehead atoms. The molecule has 1 radical (unpaired) electrons. The SMILES string of the molecule is O=[C]CN(C(=O)C=Cc1ccccn1)C(=O)Nc1ccccn1. The average Bonchev–Trinajstić information content (AvgIpc) is 2.59. The van der Waals surface area contributed by atoms with Gasteiger partial charge in [0, 0.05) is 18.5 Å². The minimum atomic E-state index is -0.761. The molecule has 0 aromatic carbocycles. The van der Waals surface area contributed by atoms with Crippen LogP contribution < -0.4 is 5.32 Å². The second-order valence-corrected chi connectivity index (χ2v) is 4.30. The highest BCUT2D eigenvalue weighted by molar-refractivity contribution is 6.07. The molecule has 0 aliphatic carbocycles. The first-order valence-corrected chi connectivity index (χ1v) is 6.68. The summed E-state index contributed by atoms with van der Waals surface area (Å²) in [4.78, 5) is 43.4. The van der Waals surface area contributed by atoms with Crippen molar-refractivity contribution in [1.29, 1.82) is 0 Å². The monoisotopic (exact) mass is 309 g/mol. The van der Waals surface area contributed by atoms with Crippen molar-refractivity contribution in [1.82, 2.24) is 14.9 Å². The number of imide groups is 1. The average molecular weight is 309 g/mol. The largest absolute Gasteiger partial charge is 0.330 e. The summed E-state index contributed by atoms with van der Waals surface area (Å²) in [5, 5.41) is 2.43. The molecule has 0 fully saturated rings. The highest BCUT2D eigenvalue weighted by atomic mass is 16.2. The molecule has 7 heteroatoms. The number of urea groups is 1. The molecule has 2 heterocycles. The van der Waals surface area contributed by atoms with E-state index in [2.05, 4.69) is 15.3 Å². The molecule has 3 amide bonds. The zero-order chi connectivity index (χ0) is 16.5. The summed E-state index contributed by atoms with van der Waals surface area (Å²) in [6.45, 7) is -0.482. The number of nitrogens with zero attached hydrogens (tertiary/aromatic N) is 3. The lowest BCUT2D eigenvalue weighted by Gasteiger charge is -2.16. The Balaban J connectivity index is 2.07. The molecule has 23 heavy (non-hydrogen) atoms.